The van der Waals surface area contributed by atoms with Gasteiger partial charge < -0.3 is 10.1 Å². The maximum Gasteiger partial charge on any atom is 0.291 e. The summed E-state index contributed by atoms with van der Waals surface area (Å²) in [6, 6.07) is 3.82. The van der Waals surface area contributed by atoms with Crippen molar-refractivity contribution in [3.05, 3.63) is 40.6 Å². The Morgan fingerprint density at radius 3 is 2.72 bits per heavy atom. The summed E-state index contributed by atoms with van der Waals surface area (Å²) in [5.74, 6) is 0.397. The second-order valence-electron chi connectivity index (χ2n) is 5.64. The third-order valence-electron chi connectivity index (χ3n) is 3.92. The van der Waals surface area contributed by atoms with Crippen molar-refractivity contribution in [1.82, 2.24) is 25.5 Å². The van der Waals surface area contributed by atoms with Crippen molar-refractivity contribution in [3.8, 4) is 11.8 Å². The monoisotopic (exact) mass is 402 g/mol. The van der Waals surface area contributed by atoms with Gasteiger partial charge in [0.1, 0.15) is 11.8 Å². The van der Waals surface area contributed by atoms with Crippen LogP contribution in [0.3, 0.4) is 0 Å². The number of pyridine rings is 1. The average molecular weight is 403 g/mol. The van der Waals surface area contributed by atoms with E-state index < -0.39 is 0 Å². The van der Waals surface area contributed by atoms with Gasteiger partial charge in [-0.25, -0.2) is 9.97 Å². The van der Waals surface area contributed by atoms with Crippen molar-refractivity contribution < 1.29 is 9.53 Å². The lowest BCUT2D eigenvalue weighted by atomic mass is 9.93. The van der Waals surface area contributed by atoms with E-state index in [2.05, 4.69) is 41.4 Å². The van der Waals surface area contributed by atoms with Gasteiger partial charge in [-0.15, -0.1) is 5.10 Å². The van der Waals surface area contributed by atoms with Gasteiger partial charge in [-0.2, -0.15) is 10.4 Å². The highest BCUT2D eigenvalue weighted by atomic mass is 79.9. The highest BCUT2D eigenvalue weighted by Gasteiger charge is 2.25. The van der Waals surface area contributed by atoms with Crippen molar-refractivity contribution in [2.24, 2.45) is 0 Å². The molecule has 1 amide bonds. The average Bonchev–Trinajstić information content (AvgIpc) is 2.64. The molecule has 0 saturated heterocycles. The number of nitrogens with one attached hydrogen (secondary N) is 1. The van der Waals surface area contributed by atoms with Crippen LogP contribution in [0.5, 0.6) is 5.75 Å². The Morgan fingerprint density at radius 1 is 1.28 bits per heavy atom. The summed E-state index contributed by atoms with van der Waals surface area (Å²) in [7, 11) is 0. The Labute approximate surface area is 152 Å². The Hall–Kier alpha value is -2.60. The molecule has 0 aromatic carbocycles. The maximum atomic E-state index is 12.0. The van der Waals surface area contributed by atoms with E-state index in [1.165, 1.54) is 12.4 Å². The number of nitrogens with zero attached hydrogens (tertiary/aromatic N) is 5. The van der Waals surface area contributed by atoms with Gasteiger partial charge in [0.2, 0.25) is 5.82 Å². The normalized spacial score (nSPS) is 19.7. The van der Waals surface area contributed by atoms with Crippen molar-refractivity contribution in [3.63, 3.8) is 0 Å². The predicted molar refractivity (Wildman–Crippen MR) is 90.6 cm³/mol. The van der Waals surface area contributed by atoms with E-state index in [4.69, 9.17) is 10.00 Å². The molecule has 25 heavy (non-hydrogen) atoms. The number of carbonyl (C=O) groups excluding carboxylic acids is 1. The maximum absolute atomic E-state index is 12.0. The van der Waals surface area contributed by atoms with E-state index in [1.807, 2.05) is 6.07 Å². The molecular weight excluding hydrogens is 388 g/mol. The lowest BCUT2D eigenvalue weighted by Crippen LogP contribution is -2.40. The molecule has 1 aliphatic rings. The number of hydrogen-bond donors (Lipinski definition) is 1. The summed E-state index contributed by atoms with van der Waals surface area (Å²) < 4.78 is 6.54. The highest BCUT2D eigenvalue weighted by molar-refractivity contribution is 9.10. The first-order valence-corrected chi connectivity index (χ1v) is 8.62. The van der Waals surface area contributed by atoms with Gasteiger partial charge in [-0.3, -0.25) is 4.79 Å². The summed E-state index contributed by atoms with van der Waals surface area (Å²) in [5, 5.41) is 19.2. The molecule has 1 N–H and O–H groups in total. The zero-order valence-electron chi connectivity index (χ0n) is 13.2. The minimum atomic E-state index is -0.308. The number of amides is 1. The van der Waals surface area contributed by atoms with E-state index in [1.54, 1.807) is 12.3 Å². The number of halogens is 1. The molecule has 0 unspecified atom stereocenters. The lowest BCUT2D eigenvalue weighted by Gasteiger charge is -2.29. The first kappa shape index (κ1) is 17.2. The SMILES string of the molecule is N#Cc1ncc(OC2CCC(NC(=O)c3nccnn3)CC2)cc1Br. The van der Waals surface area contributed by atoms with E-state index in [0.29, 0.717) is 15.9 Å². The third kappa shape index (κ3) is 4.48. The van der Waals surface area contributed by atoms with Crippen LogP contribution in [0.2, 0.25) is 0 Å². The fourth-order valence-electron chi connectivity index (χ4n) is 2.69. The molecule has 1 aliphatic carbocycles. The molecule has 8 nitrogen and oxygen atoms in total. The van der Waals surface area contributed by atoms with Crippen LogP contribution < -0.4 is 10.1 Å². The molecule has 2 heterocycles. The Morgan fingerprint density at radius 2 is 2.08 bits per heavy atom. The first-order valence-electron chi connectivity index (χ1n) is 7.82. The zero-order chi connectivity index (χ0) is 17.6. The van der Waals surface area contributed by atoms with Gasteiger partial charge >= 0.3 is 0 Å². The van der Waals surface area contributed by atoms with Gasteiger partial charge in [-0.1, -0.05) is 0 Å². The van der Waals surface area contributed by atoms with Crippen LogP contribution in [0.15, 0.2) is 29.1 Å². The smallest absolute Gasteiger partial charge is 0.291 e. The minimum absolute atomic E-state index is 0.0597. The third-order valence-corrected chi connectivity index (χ3v) is 4.52. The molecule has 0 spiro atoms. The lowest BCUT2D eigenvalue weighted by molar-refractivity contribution is 0.0882. The van der Waals surface area contributed by atoms with Crippen LogP contribution in [0.4, 0.5) is 0 Å². The summed E-state index contributed by atoms with van der Waals surface area (Å²) in [6.45, 7) is 0. The number of carbonyl (C=O) groups is 1. The van der Waals surface area contributed by atoms with Crippen molar-refractivity contribution >= 4 is 21.8 Å². The molecule has 1 fully saturated rings. The number of aromatic nitrogens is 4. The standard InChI is InChI=1S/C16H15BrN6O2/c17-13-7-12(9-20-14(13)8-18)25-11-3-1-10(2-4-11)22-16(24)15-19-5-6-21-23-15/h5-7,9-11H,1-4H2,(H,22,24). The zero-order valence-corrected chi connectivity index (χ0v) is 14.8. The van der Waals surface area contributed by atoms with Crippen LogP contribution in [0.25, 0.3) is 0 Å². The molecule has 0 aliphatic heterocycles. The fraction of sp³-hybridized carbons (Fsp3) is 0.375. The van der Waals surface area contributed by atoms with Gasteiger partial charge in [0, 0.05) is 12.2 Å². The summed E-state index contributed by atoms with van der Waals surface area (Å²) in [5.41, 5.74) is 0.330. The predicted octanol–water partition coefficient (Wildman–Crippen LogP) is 2.02. The Kier molecular flexibility index (Phi) is 5.50. The minimum Gasteiger partial charge on any atom is -0.489 e. The van der Waals surface area contributed by atoms with Gasteiger partial charge in [0.25, 0.3) is 5.91 Å². The largest absolute Gasteiger partial charge is 0.489 e. The quantitative estimate of drug-likeness (QED) is 0.831. The van der Waals surface area contributed by atoms with Crippen LogP contribution in [0, 0.1) is 11.3 Å². The second kappa shape index (κ2) is 7.98. The van der Waals surface area contributed by atoms with Crippen molar-refractivity contribution in [2.45, 2.75) is 37.8 Å². The number of rotatable bonds is 4. The molecular formula is C16H15BrN6O2. The van der Waals surface area contributed by atoms with Gasteiger partial charge in [0.05, 0.1) is 23.0 Å². The summed E-state index contributed by atoms with van der Waals surface area (Å²) in [4.78, 5) is 20.0. The molecule has 0 atom stereocenters. The summed E-state index contributed by atoms with van der Waals surface area (Å²) in [6.07, 6.45) is 7.73. The van der Waals surface area contributed by atoms with Crippen LogP contribution in [-0.2, 0) is 0 Å². The van der Waals surface area contributed by atoms with Crippen LogP contribution in [-0.4, -0.2) is 38.2 Å². The first-order chi connectivity index (χ1) is 12.2. The molecule has 128 valence electrons. The molecule has 0 radical (unpaired) electrons. The van der Waals surface area contributed by atoms with E-state index in [-0.39, 0.29) is 23.9 Å². The summed E-state index contributed by atoms with van der Waals surface area (Å²) >= 11 is 3.30. The molecule has 9 heteroatoms. The fourth-order valence-corrected chi connectivity index (χ4v) is 3.10. The Balaban J connectivity index is 1.50. The van der Waals surface area contributed by atoms with Crippen LogP contribution in [0.1, 0.15) is 42.0 Å². The Bertz CT molecular complexity index is 787. The van der Waals surface area contributed by atoms with E-state index >= 15 is 0 Å². The number of nitriles is 1. The van der Waals surface area contributed by atoms with E-state index in [0.717, 1.165) is 25.7 Å². The number of hydrogen-bond acceptors (Lipinski definition) is 7. The molecule has 3 rings (SSSR count). The number of ether oxygens (including phenoxy) is 1. The van der Waals surface area contributed by atoms with Gasteiger partial charge in [0.15, 0.2) is 5.69 Å². The van der Waals surface area contributed by atoms with Crippen molar-refractivity contribution in [2.75, 3.05) is 0 Å². The van der Waals surface area contributed by atoms with E-state index in [9.17, 15) is 4.79 Å². The molecule has 0 bridgehead atoms. The second-order valence-corrected chi connectivity index (χ2v) is 6.50. The molecule has 2 aromatic heterocycles. The van der Waals surface area contributed by atoms with Gasteiger partial charge in [-0.05, 0) is 47.7 Å². The van der Waals surface area contributed by atoms with Crippen molar-refractivity contribution in [1.29, 1.82) is 5.26 Å². The van der Waals surface area contributed by atoms with Crippen LogP contribution >= 0.6 is 15.9 Å². The highest BCUT2D eigenvalue weighted by Crippen LogP contribution is 2.26. The topological polar surface area (TPSA) is 114 Å². The molecule has 1 saturated carbocycles. The molecule has 2 aromatic rings.